The van der Waals surface area contributed by atoms with Crippen LogP contribution in [0.2, 0.25) is 5.02 Å². The summed E-state index contributed by atoms with van der Waals surface area (Å²) in [6.07, 6.45) is 5.49. The van der Waals surface area contributed by atoms with Crippen molar-refractivity contribution in [2.24, 2.45) is 0 Å². The van der Waals surface area contributed by atoms with E-state index >= 15 is 0 Å². The van der Waals surface area contributed by atoms with Crippen LogP contribution in [0.25, 0.3) is 0 Å². The first-order valence-electron chi connectivity index (χ1n) is 10.7. The van der Waals surface area contributed by atoms with Gasteiger partial charge in [0.2, 0.25) is 10.0 Å². The number of aromatic nitrogens is 1. The van der Waals surface area contributed by atoms with Gasteiger partial charge >= 0.3 is 0 Å². The highest BCUT2D eigenvalue weighted by molar-refractivity contribution is 7.89. The molecule has 0 aliphatic carbocycles. The molecule has 4 rings (SSSR count). The van der Waals surface area contributed by atoms with Crippen LogP contribution in [0.15, 0.2) is 47.5 Å². The highest BCUT2D eigenvalue weighted by Crippen LogP contribution is 2.22. The van der Waals surface area contributed by atoms with Crippen molar-refractivity contribution in [2.75, 3.05) is 44.2 Å². The lowest BCUT2D eigenvalue weighted by Crippen LogP contribution is -2.49. The lowest BCUT2D eigenvalue weighted by Gasteiger charge is -2.35. The molecule has 0 radical (unpaired) electrons. The number of hydrogen-bond acceptors (Lipinski definition) is 5. The Balaban J connectivity index is 1.44. The number of pyridine rings is 1. The van der Waals surface area contributed by atoms with Crippen molar-refractivity contribution in [1.29, 1.82) is 0 Å². The molecule has 1 aromatic heterocycles. The highest BCUT2D eigenvalue weighted by Gasteiger charge is 2.27. The number of sulfonamides is 1. The summed E-state index contributed by atoms with van der Waals surface area (Å²) >= 11 is 5.91. The second-order valence-corrected chi connectivity index (χ2v) is 10.3. The van der Waals surface area contributed by atoms with Crippen LogP contribution in [-0.2, 0) is 10.0 Å². The van der Waals surface area contributed by atoms with E-state index in [1.165, 1.54) is 6.07 Å². The van der Waals surface area contributed by atoms with Crippen molar-refractivity contribution in [3.63, 3.8) is 0 Å². The zero-order chi connectivity index (χ0) is 21.8. The van der Waals surface area contributed by atoms with E-state index in [1.807, 2.05) is 6.07 Å². The van der Waals surface area contributed by atoms with Gasteiger partial charge < -0.3 is 9.80 Å². The molecule has 1 amide bonds. The van der Waals surface area contributed by atoms with Crippen LogP contribution in [0.5, 0.6) is 0 Å². The van der Waals surface area contributed by atoms with Crippen LogP contribution >= 0.6 is 11.6 Å². The Morgan fingerprint density at radius 3 is 2.26 bits per heavy atom. The molecule has 166 valence electrons. The minimum Gasteiger partial charge on any atom is -0.353 e. The normalized spacial score (nSPS) is 18.6. The molecule has 3 heterocycles. The first-order chi connectivity index (χ1) is 14.9. The topological polar surface area (TPSA) is 73.8 Å². The SMILES string of the molecule is O=C(c1cccc(S(=O)(=O)N2CCCCCC2)c1)N1CCN(c2ccc(Cl)cn2)CC1. The summed E-state index contributed by atoms with van der Waals surface area (Å²) in [5.74, 6) is 0.693. The van der Waals surface area contributed by atoms with Gasteiger partial charge in [-0.1, -0.05) is 30.5 Å². The van der Waals surface area contributed by atoms with Gasteiger partial charge in [-0.3, -0.25) is 4.79 Å². The zero-order valence-electron chi connectivity index (χ0n) is 17.4. The van der Waals surface area contributed by atoms with E-state index in [4.69, 9.17) is 11.6 Å². The summed E-state index contributed by atoms with van der Waals surface area (Å²) in [6, 6.07) is 10.1. The van der Waals surface area contributed by atoms with Gasteiger partial charge in [0.05, 0.1) is 9.92 Å². The van der Waals surface area contributed by atoms with Gasteiger partial charge in [0, 0.05) is 51.0 Å². The highest BCUT2D eigenvalue weighted by atomic mass is 35.5. The Bertz CT molecular complexity index is 1010. The number of anilines is 1. The van der Waals surface area contributed by atoms with E-state index in [9.17, 15) is 13.2 Å². The van der Waals surface area contributed by atoms with Gasteiger partial charge in [0.15, 0.2) is 0 Å². The van der Waals surface area contributed by atoms with E-state index in [1.54, 1.807) is 39.7 Å². The van der Waals surface area contributed by atoms with E-state index < -0.39 is 10.0 Å². The smallest absolute Gasteiger partial charge is 0.254 e. The average Bonchev–Trinajstić information content (AvgIpc) is 3.10. The summed E-state index contributed by atoms with van der Waals surface area (Å²) in [5, 5.41) is 0.590. The Labute approximate surface area is 188 Å². The van der Waals surface area contributed by atoms with E-state index in [2.05, 4.69) is 9.88 Å². The number of hydrogen-bond donors (Lipinski definition) is 0. The van der Waals surface area contributed by atoms with E-state index in [0.29, 0.717) is 49.9 Å². The summed E-state index contributed by atoms with van der Waals surface area (Å²) in [7, 11) is -3.59. The lowest BCUT2D eigenvalue weighted by molar-refractivity contribution is 0.0746. The number of halogens is 1. The van der Waals surface area contributed by atoms with Crippen molar-refractivity contribution in [3.05, 3.63) is 53.2 Å². The Morgan fingerprint density at radius 1 is 0.903 bits per heavy atom. The number of benzene rings is 1. The number of rotatable bonds is 4. The molecule has 2 fully saturated rings. The van der Waals surface area contributed by atoms with Gasteiger partial charge in [-0.25, -0.2) is 13.4 Å². The van der Waals surface area contributed by atoms with Crippen LogP contribution in [0, 0.1) is 0 Å². The third-order valence-corrected chi connectivity index (χ3v) is 8.00. The molecular weight excluding hydrogens is 436 g/mol. The van der Waals surface area contributed by atoms with Gasteiger partial charge in [0.25, 0.3) is 5.91 Å². The molecule has 1 aromatic carbocycles. The molecule has 2 aliphatic heterocycles. The fraction of sp³-hybridized carbons (Fsp3) is 0.455. The Morgan fingerprint density at radius 2 is 1.61 bits per heavy atom. The van der Waals surface area contributed by atoms with Crippen LogP contribution in [0.4, 0.5) is 5.82 Å². The molecule has 0 saturated carbocycles. The number of nitrogens with zero attached hydrogens (tertiary/aromatic N) is 4. The van der Waals surface area contributed by atoms with Crippen molar-refractivity contribution < 1.29 is 13.2 Å². The predicted molar refractivity (Wildman–Crippen MR) is 121 cm³/mol. The molecule has 0 spiro atoms. The predicted octanol–water partition coefficient (Wildman–Crippen LogP) is 3.26. The minimum atomic E-state index is -3.59. The molecule has 0 N–H and O–H groups in total. The Kier molecular flexibility index (Phi) is 6.79. The summed E-state index contributed by atoms with van der Waals surface area (Å²) in [5.41, 5.74) is 0.411. The maximum absolute atomic E-state index is 13.1. The average molecular weight is 463 g/mol. The molecule has 2 aliphatic rings. The largest absolute Gasteiger partial charge is 0.353 e. The first kappa shape index (κ1) is 22.0. The molecule has 0 atom stereocenters. The van der Waals surface area contributed by atoms with Crippen LogP contribution < -0.4 is 4.90 Å². The van der Waals surface area contributed by atoms with Gasteiger partial charge in [-0.15, -0.1) is 0 Å². The summed E-state index contributed by atoms with van der Waals surface area (Å²) in [6.45, 7) is 3.50. The minimum absolute atomic E-state index is 0.142. The van der Waals surface area contributed by atoms with Crippen LogP contribution in [0.1, 0.15) is 36.0 Å². The van der Waals surface area contributed by atoms with Gasteiger partial charge in [0.1, 0.15) is 5.82 Å². The van der Waals surface area contributed by atoms with Crippen molar-refractivity contribution in [1.82, 2.24) is 14.2 Å². The monoisotopic (exact) mass is 462 g/mol. The van der Waals surface area contributed by atoms with E-state index in [0.717, 1.165) is 31.5 Å². The fourth-order valence-corrected chi connectivity index (χ4v) is 5.77. The molecule has 2 aromatic rings. The number of carbonyl (C=O) groups excluding carboxylic acids is 1. The number of piperazine rings is 1. The molecule has 0 bridgehead atoms. The van der Waals surface area contributed by atoms with Crippen molar-refractivity contribution in [2.45, 2.75) is 30.6 Å². The lowest BCUT2D eigenvalue weighted by atomic mass is 10.2. The number of carbonyl (C=O) groups is 1. The molecule has 0 unspecified atom stereocenters. The van der Waals surface area contributed by atoms with Crippen LogP contribution in [0.3, 0.4) is 0 Å². The molecule has 7 nitrogen and oxygen atoms in total. The first-order valence-corrected chi connectivity index (χ1v) is 12.5. The quantitative estimate of drug-likeness (QED) is 0.697. The van der Waals surface area contributed by atoms with Gasteiger partial charge in [-0.05, 0) is 43.2 Å². The van der Waals surface area contributed by atoms with Gasteiger partial charge in [-0.2, -0.15) is 4.31 Å². The van der Waals surface area contributed by atoms with Crippen molar-refractivity contribution >= 4 is 33.3 Å². The second-order valence-electron chi connectivity index (χ2n) is 7.96. The maximum Gasteiger partial charge on any atom is 0.254 e. The van der Waals surface area contributed by atoms with E-state index in [-0.39, 0.29) is 10.8 Å². The summed E-state index contributed by atoms with van der Waals surface area (Å²) in [4.78, 5) is 21.5. The zero-order valence-corrected chi connectivity index (χ0v) is 19.0. The standard InChI is InChI=1S/C22H27ClN4O3S/c23-19-8-9-21(24-17-19)25-12-14-26(15-13-25)22(28)18-6-5-7-20(16-18)31(29,30)27-10-3-1-2-4-11-27/h5-9,16-17H,1-4,10-15H2. The second kappa shape index (κ2) is 9.54. The molecule has 31 heavy (non-hydrogen) atoms. The summed E-state index contributed by atoms with van der Waals surface area (Å²) < 4.78 is 27.7. The Hall–Kier alpha value is -2.16. The third-order valence-electron chi connectivity index (χ3n) is 5.89. The molecule has 2 saturated heterocycles. The maximum atomic E-state index is 13.1. The molecule has 9 heteroatoms. The molecular formula is C22H27ClN4O3S. The van der Waals surface area contributed by atoms with Crippen molar-refractivity contribution in [3.8, 4) is 0 Å². The third kappa shape index (κ3) is 5.02. The number of amides is 1. The van der Waals surface area contributed by atoms with Crippen LogP contribution in [-0.4, -0.2) is 67.8 Å². The fourth-order valence-electron chi connectivity index (χ4n) is 4.10.